The van der Waals surface area contributed by atoms with Crippen molar-refractivity contribution in [1.82, 2.24) is 9.13 Å². The number of nitrogens with one attached hydrogen (secondary N) is 1. The lowest BCUT2D eigenvalue weighted by Gasteiger charge is -2.13. The third-order valence-corrected chi connectivity index (χ3v) is 6.40. The Labute approximate surface area is 189 Å². The van der Waals surface area contributed by atoms with E-state index in [0.29, 0.717) is 29.4 Å². The lowest BCUT2D eigenvalue weighted by molar-refractivity contribution is 0.102. The molecule has 0 aliphatic heterocycles. The third kappa shape index (κ3) is 4.27. The van der Waals surface area contributed by atoms with Crippen molar-refractivity contribution in [2.24, 2.45) is 0 Å². The smallest absolute Gasteiger partial charge is 0.321 e. The van der Waals surface area contributed by atoms with Gasteiger partial charge in [0, 0.05) is 33.5 Å². The monoisotopic (exact) mass is 451 g/mol. The topological polar surface area (TPSA) is 56.0 Å². The Balaban J connectivity index is 1.84. The molecule has 4 aromatic rings. The van der Waals surface area contributed by atoms with Crippen LogP contribution in [0.3, 0.4) is 0 Å². The van der Waals surface area contributed by atoms with E-state index < -0.39 is 0 Å². The molecule has 0 saturated carbocycles. The van der Waals surface area contributed by atoms with Crippen molar-refractivity contribution in [3.63, 3.8) is 0 Å². The van der Waals surface area contributed by atoms with E-state index in [-0.39, 0.29) is 11.6 Å². The first-order valence-corrected chi connectivity index (χ1v) is 11.3. The quantitative estimate of drug-likeness (QED) is 0.397. The summed E-state index contributed by atoms with van der Waals surface area (Å²) < 4.78 is 3.49. The second kappa shape index (κ2) is 9.04. The summed E-state index contributed by atoms with van der Waals surface area (Å²) in [5.74, 6) is -0.230. The molecule has 7 heteroatoms. The summed E-state index contributed by atoms with van der Waals surface area (Å²) in [5, 5.41) is 3.60. The molecule has 0 fully saturated rings. The first kappa shape index (κ1) is 21.3. The van der Waals surface area contributed by atoms with Crippen molar-refractivity contribution >= 4 is 46.0 Å². The summed E-state index contributed by atoms with van der Waals surface area (Å²) in [6.45, 7) is 5.03. The molecule has 1 aromatic heterocycles. The maximum atomic E-state index is 12.9. The molecule has 0 aliphatic carbocycles. The van der Waals surface area contributed by atoms with Gasteiger partial charge in [0.2, 0.25) is 0 Å². The van der Waals surface area contributed by atoms with Gasteiger partial charge in [-0.15, -0.1) is 0 Å². The standard InChI is InChI=1S/C24H22ClN3O2S/c1-3-27-20-14-19(26-23(29)16-10-12-17(25)13-11-16)22(31-18-8-6-5-7-9-18)15-21(20)28(4-2)24(27)30/h5-15H,3-4H2,1-2H3,(H,26,29). The Hall–Kier alpha value is -2.96. The number of halogens is 1. The average Bonchev–Trinajstić information content (AvgIpc) is 3.04. The molecule has 0 saturated heterocycles. The van der Waals surface area contributed by atoms with E-state index >= 15 is 0 Å². The molecule has 0 radical (unpaired) electrons. The van der Waals surface area contributed by atoms with Crippen LogP contribution in [0.2, 0.25) is 5.02 Å². The van der Waals surface area contributed by atoms with Crippen molar-refractivity contribution in [2.45, 2.75) is 36.7 Å². The SMILES string of the molecule is CCn1c(=O)n(CC)c2cc(Sc3ccccc3)c(NC(=O)c3ccc(Cl)cc3)cc21. The number of imidazole rings is 1. The Kier molecular flexibility index (Phi) is 6.20. The van der Waals surface area contributed by atoms with Crippen LogP contribution in [0.5, 0.6) is 0 Å². The van der Waals surface area contributed by atoms with Crippen LogP contribution in [0.25, 0.3) is 11.0 Å². The minimum absolute atomic E-state index is 0.0446. The number of rotatable bonds is 6. The van der Waals surface area contributed by atoms with Crippen molar-refractivity contribution < 1.29 is 4.79 Å². The van der Waals surface area contributed by atoms with Gasteiger partial charge in [-0.1, -0.05) is 41.6 Å². The molecule has 0 aliphatic rings. The predicted octanol–water partition coefficient (Wildman–Crippen LogP) is 5.90. The first-order chi connectivity index (χ1) is 15.0. The highest BCUT2D eigenvalue weighted by Crippen LogP contribution is 2.36. The van der Waals surface area contributed by atoms with Crippen LogP contribution in [-0.4, -0.2) is 15.0 Å². The molecule has 4 rings (SSSR count). The van der Waals surface area contributed by atoms with Crippen LogP contribution in [0, 0.1) is 0 Å². The molecule has 31 heavy (non-hydrogen) atoms. The number of hydrogen-bond donors (Lipinski definition) is 1. The van der Waals surface area contributed by atoms with Gasteiger partial charge in [-0.3, -0.25) is 13.9 Å². The zero-order chi connectivity index (χ0) is 22.0. The summed E-state index contributed by atoms with van der Waals surface area (Å²) in [6, 6.07) is 20.6. The number of hydrogen-bond acceptors (Lipinski definition) is 3. The number of carbonyl (C=O) groups excluding carboxylic acids is 1. The van der Waals surface area contributed by atoms with Crippen molar-refractivity contribution in [2.75, 3.05) is 5.32 Å². The lowest BCUT2D eigenvalue weighted by Crippen LogP contribution is -2.23. The fraction of sp³-hybridized carbons (Fsp3) is 0.167. The van der Waals surface area contributed by atoms with Gasteiger partial charge in [0.25, 0.3) is 5.91 Å². The van der Waals surface area contributed by atoms with Crippen LogP contribution in [-0.2, 0) is 13.1 Å². The van der Waals surface area contributed by atoms with E-state index in [0.717, 1.165) is 20.8 Å². The van der Waals surface area contributed by atoms with Crippen LogP contribution < -0.4 is 11.0 Å². The summed E-state index contributed by atoms with van der Waals surface area (Å²) in [6.07, 6.45) is 0. The number of anilines is 1. The van der Waals surface area contributed by atoms with Crippen molar-refractivity contribution in [3.05, 3.63) is 87.8 Å². The number of benzene rings is 3. The summed E-state index contributed by atoms with van der Waals surface area (Å²) in [5.41, 5.74) is 2.79. The van der Waals surface area contributed by atoms with E-state index in [1.165, 1.54) is 0 Å². The summed E-state index contributed by atoms with van der Waals surface area (Å²) in [4.78, 5) is 27.7. The number of carbonyl (C=O) groups is 1. The van der Waals surface area contributed by atoms with Crippen LogP contribution in [0.15, 0.2) is 81.3 Å². The Morgan fingerprint density at radius 1 is 0.935 bits per heavy atom. The van der Waals surface area contributed by atoms with Gasteiger partial charge in [0.15, 0.2) is 0 Å². The molecule has 0 atom stereocenters. The van der Waals surface area contributed by atoms with Gasteiger partial charge in [0.05, 0.1) is 16.7 Å². The molecule has 0 bridgehead atoms. The van der Waals surface area contributed by atoms with E-state index in [1.807, 2.05) is 56.3 Å². The molecule has 3 aromatic carbocycles. The fourth-order valence-electron chi connectivity index (χ4n) is 3.55. The van der Waals surface area contributed by atoms with Crippen LogP contribution in [0.1, 0.15) is 24.2 Å². The predicted molar refractivity (Wildman–Crippen MR) is 128 cm³/mol. The molecular weight excluding hydrogens is 430 g/mol. The highest BCUT2D eigenvalue weighted by molar-refractivity contribution is 7.99. The van der Waals surface area contributed by atoms with Gasteiger partial charge < -0.3 is 5.32 Å². The number of aryl methyl sites for hydroxylation is 2. The van der Waals surface area contributed by atoms with Crippen LogP contribution >= 0.6 is 23.4 Å². The molecule has 1 amide bonds. The molecule has 0 unspecified atom stereocenters. The van der Waals surface area contributed by atoms with Crippen LogP contribution in [0.4, 0.5) is 5.69 Å². The van der Waals surface area contributed by atoms with Crippen molar-refractivity contribution in [3.8, 4) is 0 Å². The first-order valence-electron chi connectivity index (χ1n) is 10.1. The zero-order valence-corrected chi connectivity index (χ0v) is 18.8. The molecular formula is C24H22ClN3O2S. The molecule has 5 nitrogen and oxygen atoms in total. The molecule has 1 heterocycles. The largest absolute Gasteiger partial charge is 0.329 e. The van der Waals surface area contributed by atoms with E-state index in [9.17, 15) is 9.59 Å². The van der Waals surface area contributed by atoms with Gasteiger partial charge in [-0.2, -0.15) is 0 Å². The Morgan fingerprint density at radius 2 is 1.55 bits per heavy atom. The maximum Gasteiger partial charge on any atom is 0.329 e. The van der Waals surface area contributed by atoms with Gasteiger partial charge in [-0.25, -0.2) is 4.79 Å². The second-order valence-corrected chi connectivity index (χ2v) is 8.54. The van der Waals surface area contributed by atoms with Crippen molar-refractivity contribution in [1.29, 1.82) is 0 Å². The minimum Gasteiger partial charge on any atom is -0.321 e. The number of fused-ring (bicyclic) bond motifs is 1. The van der Waals surface area contributed by atoms with Gasteiger partial charge in [-0.05, 0) is 62.4 Å². The van der Waals surface area contributed by atoms with Gasteiger partial charge >= 0.3 is 5.69 Å². The molecule has 0 spiro atoms. The fourth-order valence-corrected chi connectivity index (χ4v) is 4.61. The summed E-state index contributed by atoms with van der Waals surface area (Å²) in [7, 11) is 0. The molecule has 158 valence electrons. The molecule has 1 N–H and O–H groups in total. The highest BCUT2D eigenvalue weighted by atomic mass is 35.5. The Morgan fingerprint density at radius 3 is 2.16 bits per heavy atom. The van der Waals surface area contributed by atoms with E-state index in [4.69, 9.17) is 11.6 Å². The Bertz CT molecular complexity index is 1290. The lowest BCUT2D eigenvalue weighted by atomic mass is 10.2. The highest BCUT2D eigenvalue weighted by Gasteiger charge is 2.17. The number of amides is 1. The van der Waals surface area contributed by atoms with E-state index in [1.54, 1.807) is 45.2 Å². The normalized spacial score (nSPS) is 11.1. The second-order valence-electron chi connectivity index (χ2n) is 6.98. The number of nitrogens with zero attached hydrogens (tertiary/aromatic N) is 2. The van der Waals surface area contributed by atoms with E-state index in [2.05, 4.69) is 5.32 Å². The number of aromatic nitrogens is 2. The zero-order valence-electron chi connectivity index (χ0n) is 17.3. The third-order valence-electron chi connectivity index (χ3n) is 5.08. The maximum absolute atomic E-state index is 12.9. The van der Waals surface area contributed by atoms with Gasteiger partial charge in [0.1, 0.15) is 0 Å². The minimum atomic E-state index is -0.230. The average molecular weight is 452 g/mol. The summed E-state index contributed by atoms with van der Waals surface area (Å²) >= 11 is 7.50.